The first-order chi connectivity index (χ1) is 5.83. The van der Waals surface area contributed by atoms with Crippen molar-refractivity contribution >= 4 is 5.78 Å². The van der Waals surface area contributed by atoms with Gasteiger partial charge in [0.1, 0.15) is 5.78 Å². The summed E-state index contributed by atoms with van der Waals surface area (Å²) in [5, 5.41) is 3.30. The zero-order valence-electron chi connectivity index (χ0n) is 7.51. The Hall–Kier alpha value is -0.630. The predicted molar refractivity (Wildman–Crippen MR) is 50.0 cm³/mol. The van der Waals surface area contributed by atoms with E-state index in [9.17, 15) is 4.79 Å². The van der Waals surface area contributed by atoms with Gasteiger partial charge in [0.2, 0.25) is 0 Å². The van der Waals surface area contributed by atoms with Crippen molar-refractivity contribution in [3.05, 3.63) is 12.7 Å². The van der Waals surface area contributed by atoms with Gasteiger partial charge in [-0.2, -0.15) is 0 Å². The largest absolute Gasteiger partial charge is 0.316 e. The van der Waals surface area contributed by atoms with Gasteiger partial charge in [-0.3, -0.25) is 4.79 Å². The van der Waals surface area contributed by atoms with Crippen molar-refractivity contribution in [1.82, 2.24) is 5.32 Å². The second-order valence-corrected chi connectivity index (χ2v) is 3.45. The second kappa shape index (κ2) is 5.09. The fraction of sp³-hybridized carbons (Fsp3) is 0.700. The molecule has 0 aromatic heterocycles. The number of piperidine rings is 1. The van der Waals surface area contributed by atoms with Crippen molar-refractivity contribution in [2.75, 3.05) is 13.1 Å². The number of carbonyl (C=O) groups excluding carboxylic acids is 1. The normalized spacial score (nSPS) is 23.5. The van der Waals surface area contributed by atoms with Gasteiger partial charge in [-0.25, -0.2) is 0 Å². The van der Waals surface area contributed by atoms with E-state index in [1.165, 1.54) is 12.8 Å². The molecule has 2 nitrogen and oxygen atoms in total. The summed E-state index contributed by atoms with van der Waals surface area (Å²) in [5.41, 5.74) is 0. The molecule has 0 spiro atoms. The Morgan fingerprint density at radius 2 is 2.50 bits per heavy atom. The van der Waals surface area contributed by atoms with Crippen LogP contribution in [-0.4, -0.2) is 18.9 Å². The minimum Gasteiger partial charge on any atom is -0.316 e. The van der Waals surface area contributed by atoms with Crippen LogP contribution < -0.4 is 5.32 Å². The van der Waals surface area contributed by atoms with E-state index >= 15 is 0 Å². The molecule has 12 heavy (non-hydrogen) atoms. The fourth-order valence-corrected chi connectivity index (χ4v) is 1.66. The first kappa shape index (κ1) is 9.46. The van der Waals surface area contributed by atoms with Crippen molar-refractivity contribution in [2.45, 2.75) is 25.7 Å². The molecule has 1 aliphatic heterocycles. The maximum absolute atomic E-state index is 11.2. The minimum absolute atomic E-state index is 0.332. The molecule has 0 saturated carbocycles. The Morgan fingerprint density at radius 3 is 3.08 bits per heavy atom. The molecule has 1 heterocycles. The highest BCUT2D eigenvalue weighted by molar-refractivity contribution is 5.79. The Bertz CT molecular complexity index is 159. The Balaban J connectivity index is 2.19. The highest BCUT2D eigenvalue weighted by atomic mass is 16.1. The zero-order chi connectivity index (χ0) is 8.81. The summed E-state index contributed by atoms with van der Waals surface area (Å²) in [7, 11) is 0. The lowest BCUT2D eigenvalue weighted by molar-refractivity contribution is -0.119. The molecule has 0 bridgehead atoms. The SMILES string of the molecule is C=CCC(=O)CC1CCCNC1. The maximum Gasteiger partial charge on any atom is 0.136 e. The van der Waals surface area contributed by atoms with Gasteiger partial charge in [-0.15, -0.1) is 6.58 Å². The number of hydrogen-bond acceptors (Lipinski definition) is 2. The van der Waals surface area contributed by atoms with Crippen LogP contribution in [0.3, 0.4) is 0 Å². The quantitative estimate of drug-likeness (QED) is 0.643. The molecular weight excluding hydrogens is 150 g/mol. The molecule has 0 radical (unpaired) electrons. The summed E-state index contributed by atoms with van der Waals surface area (Å²) in [5.74, 6) is 0.907. The van der Waals surface area contributed by atoms with Crippen LogP contribution in [0.15, 0.2) is 12.7 Å². The van der Waals surface area contributed by atoms with E-state index in [4.69, 9.17) is 0 Å². The van der Waals surface area contributed by atoms with E-state index in [2.05, 4.69) is 11.9 Å². The molecule has 1 fully saturated rings. The number of allylic oxidation sites excluding steroid dienone is 1. The first-order valence-corrected chi connectivity index (χ1v) is 4.66. The predicted octanol–water partition coefficient (Wildman–Crippen LogP) is 1.52. The molecule has 1 N–H and O–H groups in total. The summed E-state index contributed by atoms with van der Waals surface area (Å²) in [6, 6.07) is 0. The molecule has 68 valence electrons. The lowest BCUT2D eigenvalue weighted by atomic mass is 9.93. The van der Waals surface area contributed by atoms with E-state index in [0.717, 1.165) is 19.5 Å². The Morgan fingerprint density at radius 1 is 1.67 bits per heavy atom. The van der Waals surface area contributed by atoms with E-state index in [1.54, 1.807) is 6.08 Å². The number of nitrogens with one attached hydrogen (secondary N) is 1. The second-order valence-electron chi connectivity index (χ2n) is 3.45. The van der Waals surface area contributed by atoms with Crippen LogP contribution in [0.5, 0.6) is 0 Å². The lowest BCUT2D eigenvalue weighted by Crippen LogP contribution is -2.30. The van der Waals surface area contributed by atoms with Gasteiger partial charge in [0.15, 0.2) is 0 Å². The van der Waals surface area contributed by atoms with Crippen LogP contribution >= 0.6 is 0 Å². The van der Waals surface area contributed by atoms with Crippen LogP contribution in [-0.2, 0) is 4.79 Å². The number of ketones is 1. The molecule has 1 unspecified atom stereocenters. The van der Waals surface area contributed by atoms with E-state index < -0.39 is 0 Å². The molecule has 1 saturated heterocycles. The van der Waals surface area contributed by atoms with Crippen molar-refractivity contribution in [2.24, 2.45) is 5.92 Å². The smallest absolute Gasteiger partial charge is 0.136 e. The summed E-state index contributed by atoms with van der Waals surface area (Å²) < 4.78 is 0. The first-order valence-electron chi connectivity index (χ1n) is 4.66. The van der Waals surface area contributed by atoms with E-state index in [0.29, 0.717) is 18.1 Å². The zero-order valence-corrected chi connectivity index (χ0v) is 7.51. The third kappa shape index (κ3) is 3.18. The Kier molecular flexibility index (Phi) is 4.01. The summed E-state index contributed by atoms with van der Waals surface area (Å²) in [6.45, 7) is 5.69. The molecule has 1 rings (SSSR count). The molecule has 0 aromatic carbocycles. The summed E-state index contributed by atoms with van der Waals surface area (Å²) in [6.07, 6.45) is 5.38. The third-order valence-corrected chi connectivity index (χ3v) is 2.29. The van der Waals surface area contributed by atoms with Crippen molar-refractivity contribution in [3.8, 4) is 0 Å². The average molecular weight is 167 g/mol. The van der Waals surface area contributed by atoms with Crippen molar-refractivity contribution in [3.63, 3.8) is 0 Å². The van der Waals surface area contributed by atoms with Gasteiger partial charge in [0.25, 0.3) is 0 Å². The highest BCUT2D eigenvalue weighted by Gasteiger charge is 2.15. The number of Topliss-reactive ketones (excluding diaryl/α,β-unsaturated/α-hetero) is 1. The van der Waals surface area contributed by atoms with Crippen LogP contribution in [0.4, 0.5) is 0 Å². The van der Waals surface area contributed by atoms with Gasteiger partial charge in [0, 0.05) is 12.8 Å². The standard InChI is InChI=1S/C10H17NO/c1-2-4-10(12)7-9-5-3-6-11-8-9/h2,9,11H,1,3-8H2. The molecular formula is C10H17NO. The van der Waals surface area contributed by atoms with Crippen LogP contribution in [0, 0.1) is 5.92 Å². The molecule has 1 aliphatic rings. The van der Waals surface area contributed by atoms with Gasteiger partial charge < -0.3 is 5.32 Å². The van der Waals surface area contributed by atoms with E-state index in [1.807, 2.05) is 0 Å². The molecule has 2 heteroatoms. The van der Waals surface area contributed by atoms with Gasteiger partial charge >= 0.3 is 0 Å². The number of hydrogen-bond donors (Lipinski definition) is 1. The topological polar surface area (TPSA) is 29.1 Å². The average Bonchev–Trinajstić information content (AvgIpc) is 2.06. The highest BCUT2D eigenvalue weighted by Crippen LogP contribution is 2.14. The minimum atomic E-state index is 0.332. The lowest BCUT2D eigenvalue weighted by Gasteiger charge is -2.21. The number of carbonyl (C=O) groups is 1. The van der Waals surface area contributed by atoms with Crippen molar-refractivity contribution < 1.29 is 4.79 Å². The fourth-order valence-electron chi connectivity index (χ4n) is 1.66. The third-order valence-electron chi connectivity index (χ3n) is 2.29. The maximum atomic E-state index is 11.2. The molecule has 0 aliphatic carbocycles. The van der Waals surface area contributed by atoms with Gasteiger partial charge in [-0.05, 0) is 31.8 Å². The summed E-state index contributed by atoms with van der Waals surface area (Å²) in [4.78, 5) is 11.2. The molecule has 0 aromatic rings. The Labute approximate surface area is 74.0 Å². The monoisotopic (exact) mass is 167 g/mol. The van der Waals surface area contributed by atoms with Crippen LogP contribution in [0.1, 0.15) is 25.7 Å². The molecule has 1 atom stereocenters. The summed E-state index contributed by atoms with van der Waals surface area (Å²) >= 11 is 0. The van der Waals surface area contributed by atoms with Gasteiger partial charge in [0.05, 0.1) is 0 Å². The van der Waals surface area contributed by atoms with Gasteiger partial charge in [-0.1, -0.05) is 6.08 Å². The molecule has 0 amide bonds. The number of rotatable bonds is 4. The van der Waals surface area contributed by atoms with Crippen LogP contribution in [0.25, 0.3) is 0 Å². The van der Waals surface area contributed by atoms with Crippen LogP contribution in [0.2, 0.25) is 0 Å². The van der Waals surface area contributed by atoms with E-state index in [-0.39, 0.29) is 0 Å². The van der Waals surface area contributed by atoms with Crippen molar-refractivity contribution in [1.29, 1.82) is 0 Å².